The number of ether oxygens (including phenoxy) is 1. The molecule has 0 aliphatic rings. The number of benzene rings is 1. The van der Waals surface area contributed by atoms with Gasteiger partial charge in [0.25, 0.3) is 0 Å². The van der Waals surface area contributed by atoms with Crippen molar-refractivity contribution in [3.63, 3.8) is 0 Å². The van der Waals surface area contributed by atoms with Crippen molar-refractivity contribution in [2.45, 2.75) is 13.8 Å². The lowest BCUT2D eigenvalue weighted by Gasteiger charge is -2.07. The number of aryl methyl sites for hydroxylation is 1. The van der Waals surface area contributed by atoms with Gasteiger partial charge in [-0.05, 0) is 32.0 Å². The van der Waals surface area contributed by atoms with Crippen molar-refractivity contribution < 1.29 is 9.13 Å². The van der Waals surface area contributed by atoms with E-state index in [1.54, 1.807) is 19.9 Å². The van der Waals surface area contributed by atoms with Crippen LogP contribution in [0.25, 0.3) is 11.3 Å². The van der Waals surface area contributed by atoms with Crippen molar-refractivity contribution in [2.24, 2.45) is 0 Å². The third kappa shape index (κ3) is 2.37. The maximum Gasteiger partial charge on any atom is 0.165 e. The minimum atomic E-state index is -0.462. The topological polar surface area (TPSA) is 73.9 Å². The third-order valence-electron chi connectivity index (χ3n) is 2.32. The number of nitrogens with two attached hydrogens (primary N) is 1. The second-order valence-electron chi connectivity index (χ2n) is 3.67. The number of hydrogen-bond donors (Lipinski definition) is 1. The molecule has 18 heavy (non-hydrogen) atoms. The average Bonchev–Trinajstić information content (AvgIpc) is 2.32. The summed E-state index contributed by atoms with van der Waals surface area (Å²) in [6, 6.07) is 4.52. The number of nitrogens with zero attached hydrogens (tertiary/aromatic N) is 3. The molecule has 0 aliphatic heterocycles. The van der Waals surface area contributed by atoms with Crippen LogP contribution in [0.5, 0.6) is 5.75 Å². The maximum absolute atomic E-state index is 13.7. The smallest absolute Gasteiger partial charge is 0.165 e. The minimum Gasteiger partial charge on any atom is -0.491 e. The lowest BCUT2D eigenvalue weighted by molar-refractivity contribution is 0.321. The van der Waals surface area contributed by atoms with Crippen LogP contribution in [0.4, 0.5) is 10.2 Å². The Morgan fingerprint density at radius 1 is 1.33 bits per heavy atom. The van der Waals surface area contributed by atoms with Gasteiger partial charge in [0, 0.05) is 5.56 Å². The van der Waals surface area contributed by atoms with Crippen LogP contribution < -0.4 is 10.5 Å². The highest BCUT2D eigenvalue weighted by Gasteiger charge is 2.11. The summed E-state index contributed by atoms with van der Waals surface area (Å²) in [7, 11) is 0. The molecule has 94 valence electrons. The Morgan fingerprint density at radius 3 is 2.72 bits per heavy atom. The molecule has 0 spiro atoms. The molecule has 2 rings (SSSR count). The summed E-state index contributed by atoms with van der Waals surface area (Å²) in [5, 5.41) is 7.73. The summed E-state index contributed by atoms with van der Waals surface area (Å²) in [6.45, 7) is 3.89. The lowest BCUT2D eigenvalue weighted by atomic mass is 10.1. The van der Waals surface area contributed by atoms with Crippen LogP contribution in [0, 0.1) is 12.7 Å². The quantitative estimate of drug-likeness (QED) is 0.898. The second kappa shape index (κ2) is 4.95. The molecule has 0 fully saturated rings. The van der Waals surface area contributed by atoms with Gasteiger partial charge in [-0.1, -0.05) is 0 Å². The molecule has 5 nitrogen and oxygen atoms in total. The molecule has 6 heteroatoms. The van der Waals surface area contributed by atoms with Crippen molar-refractivity contribution in [3.8, 4) is 17.0 Å². The summed E-state index contributed by atoms with van der Waals surface area (Å²) in [5.74, 6) is 0.442. The van der Waals surface area contributed by atoms with Crippen molar-refractivity contribution in [2.75, 3.05) is 12.3 Å². The lowest BCUT2D eigenvalue weighted by Crippen LogP contribution is -2.02. The number of rotatable bonds is 3. The van der Waals surface area contributed by atoms with Crippen LogP contribution in [0.15, 0.2) is 18.2 Å². The second-order valence-corrected chi connectivity index (χ2v) is 3.67. The first-order chi connectivity index (χ1) is 8.61. The fourth-order valence-electron chi connectivity index (χ4n) is 1.55. The van der Waals surface area contributed by atoms with Gasteiger partial charge in [-0.2, -0.15) is 0 Å². The molecule has 0 atom stereocenters. The summed E-state index contributed by atoms with van der Waals surface area (Å²) >= 11 is 0. The number of hydrogen-bond acceptors (Lipinski definition) is 5. The molecule has 2 N–H and O–H groups in total. The Hall–Kier alpha value is -2.24. The Morgan fingerprint density at radius 2 is 2.11 bits per heavy atom. The summed E-state index contributed by atoms with van der Waals surface area (Å²) in [6.07, 6.45) is 0. The fraction of sp³-hybridized carbons (Fsp3) is 0.250. The van der Waals surface area contributed by atoms with Crippen molar-refractivity contribution in [1.82, 2.24) is 15.2 Å². The van der Waals surface area contributed by atoms with E-state index in [1.165, 1.54) is 12.1 Å². The van der Waals surface area contributed by atoms with E-state index >= 15 is 0 Å². The minimum absolute atomic E-state index is 0.202. The molecule has 2 aromatic rings. The van der Waals surface area contributed by atoms with Gasteiger partial charge in [0.1, 0.15) is 11.5 Å². The molecular formula is C12H13FN4O. The predicted octanol–water partition coefficient (Wildman–Crippen LogP) is 1.97. The highest BCUT2D eigenvalue weighted by molar-refractivity contribution is 5.69. The largest absolute Gasteiger partial charge is 0.491 e. The first-order valence-corrected chi connectivity index (χ1v) is 5.51. The van der Waals surface area contributed by atoms with Gasteiger partial charge >= 0.3 is 0 Å². The zero-order valence-corrected chi connectivity index (χ0v) is 10.1. The van der Waals surface area contributed by atoms with Crippen molar-refractivity contribution in [1.29, 1.82) is 0 Å². The van der Waals surface area contributed by atoms with Crippen LogP contribution in [-0.2, 0) is 0 Å². The zero-order valence-electron chi connectivity index (χ0n) is 10.1. The van der Waals surface area contributed by atoms with E-state index in [-0.39, 0.29) is 11.6 Å². The van der Waals surface area contributed by atoms with Gasteiger partial charge in [0.05, 0.1) is 6.61 Å². The highest BCUT2D eigenvalue weighted by Crippen LogP contribution is 2.26. The van der Waals surface area contributed by atoms with Gasteiger partial charge in [0.15, 0.2) is 17.4 Å². The van der Waals surface area contributed by atoms with Gasteiger partial charge in [-0.25, -0.2) is 9.37 Å². The summed E-state index contributed by atoms with van der Waals surface area (Å²) < 4.78 is 18.8. The highest BCUT2D eigenvalue weighted by atomic mass is 19.1. The fourth-order valence-corrected chi connectivity index (χ4v) is 1.55. The maximum atomic E-state index is 13.7. The van der Waals surface area contributed by atoms with Gasteiger partial charge in [-0.15, -0.1) is 10.2 Å². The first-order valence-electron chi connectivity index (χ1n) is 5.51. The summed E-state index contributed by atoms with van der Waals surface area (Å²) in [4.78, 5) is 3.99. The van der Waals surface area contributed by atoms with E-state index in [9.17, 15) is 4.39 Å². The molecule has 1 heterocycles. The summed E-state index contributed by atoms with van der Waals surface area (Å²) in [5.41, 5.74) is 6.62. The van der Waals surface area contributed by atoms with Crippen LogP contribution in [0.1, 0.15) is 12.7 Å². The zero-order chi connectivity index (χ0) is 13.1. The van der Waals surface area contributed by atoms with Crippen molar-refractivity contribution >= 4 is 5.82 Å². The Bertz CT molecular complexity index is 574. The number of anilines is 1. The van der Waals surface area contributed by atoms with Crippen molar-refractivity contribution in [3.05, 3.63) is 29.8 Å². The normalized spacial score (nSPS) is 10.4. The molecular weight excluding hydrogens is 235 g/mol. The van der Waals surface area contributed by atoms with Gasteiger partial charge in [-0.3, -0.25) is 0 Å². The number of halogens is 1. The molecule has 0 radical (unpaired) electrons. The van der Waals surface area contributed by atoms with E-state index in [4.69, 9.17) is 10.5 Å². The first kappa shape index (κ1) is 12.2. The molecule has 0 amide bonds. The molecule has 0 bridgehead atoms. The van der Waals surface area contributed by atoms with E-state index < -0.39 is 5.82 Å². The standard InChI is InChI=1S/C12H13FN4O/c1-3-18-10-5-4-8(6-9(10)13)11-12(14)15-7(2)16-17-11/h4-6H,3H2,1-2H3,(H2,14,15,16). The number of aromatic nitrogens is 3. The Labute approximate surface area is 104 Å². The monoisotopic (exact) mass is 248 g/mol. The van der Waals surface area contributed by atoms with Crippen LogP contribution in [-0.4, -0.2) is 21.8 Å². The molecule has 1 aromatic carbocycles. The molecule has 0 unspecified atom stereocenters. The SMILES string of the molecule is CCOc1ccc(-c2nnc(C)nc2N)cc1F. The van der Waals surface area contributed by atoms with Crippen LogP contribution in [0.3, 0.4) is 0 Å². The van der Waals surface area contributed by atoms with Gasteiger partial charge < -0.3 is 10.5 Å². The molecule has 0 aliphatic carbocycles. The average molecular weight is 248 g/mol. The van der Waals surface area contributed by atoms with Crippen LogP contribution >= 0.6 is 0 Å². The van der Waals surface area contributed by atoms with E-state index in [2.05, 4.69) is 15.2 Å². The van der Waals surface area contributed by atoms with E-state index in [1.807, 2.05) is 0 Å². The predicted molar refractivity (Wildman–Crippen MR) is 65.5 cm³/mol. The number of nitrogen functional groups attached to an aromatic ring is 1. The Kier molecular flexibility index (Phi) is 3.36. The third-order valence-corrected chi connectivity index (χ3v) is 2.32. The van der Waals surface area contributed by atoms with E-state index in [0.717, 1.165) is 0 Å². The Balaban J connectivity index is 2.42. The van der Waals surface area contributed by atoms with Crippen LogP contribution in [0.2, 0.25) is 0 Å². The molecule has 1 aromatic heterocycles. The molecule has 0 saturated carbocycles. The van der Waals surface area contributed by atoms with E-state index in [0.29, 0.717) is 23.7 Å². The van der Waals surface area contributed by atoms with Gasteiger partial charge in [0.2, 0.25) is 0 Å². The molecule has 0 saturated heterocycles.